The fourth-order valence-corrected chi connectivity index (χ4v) is 1.42. The largest absolute Gasteiger partial charge is 0.382 e. The summed E-state index contributed by atoms with van der Waals surface area (Å²) >= 11 is 0. The first-order valence-corrected chi connectivity index (χ1v) is 5.30. The number of nitrogens with two attached hydrogens (primary N) is 2. The van der Waals surface area contributed by atoms with Gasteiger partial charge in [-0.1, -0.05) is 19.1 Å². The number of rotatable bonds is 3. The molecular weight excluding hydrogens is 216 g/mol. The number of nitrogens with one attached hydrogen (secondary N) is 1. The molecule has 0 aliphatic carbocycles. The molecule has 0 fully saturated rings. The number of benzene rings is 1. The highest BCUT2D eigenvalue weighted by atomic mass is 15.2. The number of nitrogen functional groups attached to an aromatic ring is 2. The van der Waals surface area contributed by atoms with Gasteiger partial charge in [0.15, 0.2) is 11.5 Å². The van der Waals surface area contributed by atoms with Crippen LogP contribution in [0.2, 0.25) is 0 Å². The molecular formula is C11H14N6. The Hall–Kier alpha value is -2.37. The molecule has 0 atom stereocenters. The molecule has 0 bridgehead atoms. The molecule has 1 aromatic carbocycles. The third-order valence-corrected chi connectivity index (χ3v) is 2.38. The van der Waals surface area contributed by atoms with E-state index < -0.39 is 0 Å². The SMILES string of the molecule is CCc1cccc(N=Nc2c(N)n[nH]c2N)c1. The van der Waals surface area contributed by atoms with Gasteiger partial charge in [-0.05, 0) is 24.1 Å². The van der Waals surface area contributed by atoms with Gasteiger partial charge in [-0.3, -0.25) is 5.10 Å². The van der Waals surface area contributed by atoms with Crippen LogP contribution in [0.3, 0.4) is 0 Å². The van der Waals surface area contributed by atoms with Crippen LogP contribution in [0, 0.1) is 0 Å². The van der Waals surface area contributed by atoms with E-state index in [4.69, 9.17) is 11.5 Å². The van der Waals surface area contributed by atoms with E-state index in [1.54, 1.807) is 0 Å². The summed E-state index contributed by atoms with van der Waals surface area (Å²) in [6.07, 6.45) is 0.958. The third kappa shape index (κ3) is 2.41. The van der Waals surface area contributed by atoms with Crippen LogP contribution >= 0.6 is 0 Å². The van der Waals surface area contributed by atoms with Crippen molar-refractivity contribution >= 4 is 23.0 Å². The van der Waals surface area contributed by atoms with E-state index in [-0.39, 0.29) is 5.82 Å². The molecule has 5 N–H and O–H groups in total. The molecule has 2 rings (SSSR count). The predicted octanol–water partition coefficient (Wildman–Crippen LogP) is 2.55. The average molecular weight is 230 g/mol. The lowest BCUT2D eigenvalue weighted by atomic mass is 10.1. The van der Waals surface area contributed by atoms with Gasteiger partial charge in [0.2, 0.25) is 0 Å². The van der Waals surface area contributed by atoms with Crippen molar-refractivity contribution in [3.8, 4) is 0 Å². The average Bonchev–Trinajstić information content (AvgIpc) is 2.67. The van der Waals surface area contributed by atoms with Gasteiger partial charge in [0.1, 0.15) is 5.82 Å². The van der Waals surface area contributed by atoms with Crippen LogP contribution in [0.15, 0.2) is 34.5 Å². The fraction of sp³-hybridized carbons (Fsp3) is 0.182. The van der Waals surface area contributed by atoms with Gasteiger partial charge in [0, 0.05) is 0 Å². The lowest BCUT2D eigenvalue weighted by molar-refractivity contribution is 1.11. The summed E-state index contributed by atoms with van der Waals surface area (Å²) in [5.41, 5.74) is 13.5. The summed E-state index contributed by atoms with van der Waals surface area (Å²) in [7, 11) is 0. The fourth-order valence-electron chi connectivity index (χ4n) is 1.42. The highest BCUT2D eigenvalue weighted by molar-refractivity contribution is 5.70. The van der Waals surface area contributed by atoms with Gasteiger partial charge in [-0.15, -0.1) is 5.11 Å². The first-order valence-electron chi connectivity index (χ1n) is 5.30. The molecule has 1 heterocycles. The van der Waals surface area contributed by atoms with Gasteiger partial charge in [-0.25, -0.2) is 0 Å². The molecule has 0 aliphatic rings. The van der Waals surface area contributed by atoms with Crippen LogP contribution < -0.4 is 11.5 Å². The summed E-state index contributed by atoms with van der Waals surface area (Å²) in [6, 6.07) is 7.82. The molecule has 0 unspecified atom stereocenters. The molecule has 0 spiro atoms. The van der Waals surface area contributed by atoms with Gasteiger partial charge >= 0.3 is 0 Å². The minimum absolute atomic E-state index is 0.248. The third-order valence-electron chi connectivity index (χ3n) is 2.38. The second kappa shape index (κ2) is 4.65. The van der Waals surface area contributed by atoms with E-state index in [0.717, 1.165) is 12.1 Å². The van der Waals surface area contributed by atoms with E-state index in [1.807, 2.05) is 24.3 Å². The summed E-state index contributed by atoms with van der Waals surface area (Å²) in [5.74, 6) is 0.566. The van der Waals surface area contributed by atoms with Crippen molar-refractivity contribution in [3.05, 3.63) is 29.8 Å². The Morgan fingerprint density at radius 2 is 2.12 bits per heavy atom. The van der Waals surface area contributed by atoms with Crippen molar-refractivity contribution in [2.45, 2.75) is 13.3 Å². The Morgan fingerprint density at radius 1 is 1.29 bits per heavy atom. The molecule has 0 radical (unpaired) electrons. The van der Waals surface area contributed by atoms with E-state index in [9.17, 15) is 0 Å². The summed E-state index contributed by atoms with van der Waals surface area (Å²) in [4.78, 5) is 0. The highest BCUT2D eigenvalue weighted by Crippen LogP contribution is 2.28. The number of azo groups is 1. The Labute approximate surface area is 98.7 Å². The molecule has 6 nitrogen and oxygen atoms in total. The van der Waals surface area contributed by atoms with Crippen molar-refractivity contribution in [1.29, 1.82) is 0 Å². The minimum atomic E-state index is 0.248. The second-order valence-corrected chi connectivity index (χ2v) is 3.59. The molecule has 0 aliphatic heterocycles. The molecule has 1 aromatic heterocycles. The van der Waals surface area contributed by atoms with E-state index in [1.165, 1.54) is 5.56 Å². The molecule has 0 amide bonds. The smallest absolute Gasteiger partial charge is 0.175 e. The number of aromatic nitrogens is 2. The maximum absolute atomic E-state index is 5.61. The summed E-state index contributed by atoms with van der Waals surface area (Å²) in [6.45, 7) is 2.09. The standard InChI is InChI=1S/C11H14N6/c1-2-7-4-3-5-8(6-7)14-15-9-10(12)16-17-11(9)13/h3-6H,2H2,1H3,(H5,12,13,16,17). The lowest BCUT2D eigenvalue weighted by Crippen LogP contribution is -1.84. The van der Waals surface area contributed by atoms with Crippen LogP contribution in [-0.2, 0) is 6.42 Å². The zero-order chi connectivity index (χ0) is 12.3. The monoisotopic (exact) mass is 230 g/mol. The van der Waals surface area contributed by atoms with Gasteiger partial charge in [-0.2, -0.15) is 10.2 Å². The maximum Gasteiger partial charge on any atom is 0.175 e. The van der Waals surface area contributed by atoms with Crippen molar-refractivity contribution < 1.29 is 0 Å². The van der Waals surface area contributed by atoms with Crippen molar-refractivity contribution in [2.75, 3.05) is 11.5 Å². The van der Waals surface area contributed by atoms with E-state index >= 15 is 0 Å². The number of hydrogen-bond acceptors (Lipinski definition) is 5. The topological polar surface area (TPSA) is 105 Å². The number of aryl methyl sites for hydroxylation is 1. The van der Waals surface area contributed by atoms with Crippen molar-refractivity contribution in [3.63, 3.8) is 0 Å². The highest BCUT2D eigenvalue weighted by Gasteiger charge is 2.06. The quantitative estimate of drug-likeness (QED) is 0.705. The van der Waals surface area contributed by atoms with Gasteiger partial charge in [0.05, 0.1) is 5.69 Å². The molecule has 17 heavy (non-hydrogen) atoms. The van der Waals surface area contributed by atoms with E-state index in [0.29, 0.717) is 11.5 Å². The molecule has 0 saturated heterocycles. The first-order chi connectivity index (χ1) is 8.20. The number of hydrogen-bond donors (Lipinski definition) is 3. The van der Waals surface area contributed by atoms with E-state index in [2.05, 4.69) is 27.3 Å². The molecule has 88 valence electrons. The number of anilines is 2. The number of aromatic amines is 1. The van der Waals surface area contributed by atoms with Crippen molar-refractivity contribution in [1.82, 2.24) is 10.2 Å². The minimum Gasteiger partial charge on any atom is -0.382 e. The Balaban J connectivity index is 2.26. The Kier molecular flexibility index (Phi) is 3.04. The second-order valence-electron chi connectivity index (χ2n) is 3.59. The normalized spacial score (nSPS) is 11.1. The van der Waals surface area contributed by atoms with Crippen LogP contribution in [0.25, 0.3) is 0 Å². The van der Waals surface area contributed by atoms with Crippen molar-refractivity contribution in [2.24, 2.45) is 10.2 Å². The van der Waals surface area contributed by atoms with Crippen LogP contribution in [-0.4, -0.2) is 10.2 Å². The molecule has 6 heteroatoms. The summed E-state index contributed by atoms with van der Waals surface area (Å²) < 4.78 is 0. The zero-order valence-corrected chi connectivity index (χ0v) is 9.51. The predicted molar refractivity (Wildman–Crippen MR) is 67.4 cm³/mol. The van der Waals surface area contributed by atoms with Gasteiger partial charge in [0.25, 0.3) is 0 Å². The molecule has 0 saturated carbocycles. The lowest BCUT2D eigenvalue weighted by Gasteiger charge is -1.97. The van der Waals surface area contributed by atoms with Crippen LogP contribution in [0.1, 0.15) is 12.5 Å². The maximum atomic E-state index is 5.61. The van der Waals surface area contributed by atoms with Gasteiger partial charge < -0.3 is 11.5 Å². The van der Waals surface area contributed by atoms with Crippen LogP contribution in [0.4, 0.5) is 23.0 Å². The number of H-pyrrole nitrogens is 1. The molecule has 2 aromatic rings. The number of nitrogens with zero attached hydrogens (tertiary/aromatic N) is 3. The summed E-state index contributed by atoms with van der Waals surface area (Å²) in [5, 5.41) is 14.4. The first kappa shape index (κ1) is 11.1. The zero-order valence-electron chi connectivity index (χ0n) is 9.51. The Morgan fingerprint density at radius 3 is 2.76 bits per heavy atom. The van der Waals surface area contributed by atoms with Crippen LogP contribution in [0.5, 0.6) is 0 Å². The Bertz CT molecular complexity index is 523.